The lowest BCUT2D eigenvalue weighted by molar-refractivity contribution is 0.140. The first-order valence-electron chi connectivity index (χ1n) is 6.37. The van der Waals surface area contributed by atoms with Gasteiger partial charge in [0.2, 0.25) is 0 Å². The van der Waals surface area contributed by atoms with Crippen molar-refractivity contribution in [2.24, 2.45) is 0 Å². The molecule has 1 atom stereocenters. The highest BCUT2D eigenvalue weighted by Crippen LogP contribution is 2.16. The average molecular weight is 247 g/mol. The maximum atomic E-state index is 11.6. The normalized spacial score (nSPS) is 11.6. The molecular weight excluding hydrogens is 226 g/mol. The van der Waals surface area contributed by atoms with Gasteiger partial charge in [-0.2, -0.15) is 0 Å². The van der Waals surface area contributed by atoms with Crippen LogP contribution in [0.3, 0.4) is 0 Å². The molecule has 0 heterocycles. The molecule has 1 aromatic carbocycles. The van der Waals surface area contributed by atoms with E-state index in [2.05, 4.69) is 18.8 Å². The summed E-state index contributed by atoms with van der Waals surface area (Å²) in [7, 11) is 0. The van der Waals surface area contributed by atoms with E-state index in [9.17, 15) is 4.79 Å². The molecule has 18 heavy (non-hydrogen) atoms. The predicted molar refractivity (Wildman–Crippen MR) is 73.4 cm³/mol. The van der Waals surface area contributed by atoms with E-state index in [1.54, 1.807) is 6.08 Å². The van der Waals surface area contributed by atoms with Gasteiger partial charge in [0.25, 0.3) is 0 Å². The van der Waals surface area contributed by atoms with Gasteiger partial charge in [-0.1, -0.05) is 49.8 Å². The quantitative estimate of drug-likeness (QED) is 0.587. The van der Waals surface area contributed by atoms with Crippen molar-refractivity contribution in [3.63, 3.8) is 0 Å². The van der Waals surface area contributed by atoms with Gasteiger partial charge in [0.05, 0.1) is 12.6 Å². The first kappa shape index (κ1) is 14.3. The third-order valence-electron chi connectivity index (χ3n) is 2.63. The number of ether oxygens (including phenoxy) is 1. The molecular formula is C15H21NO2. The van der Waals surface area contributed by atoms with Gasteiger partial charge in [-0.05, 0) is 18.4 Å². The van der Waals surface area contributed by atoms with Gasteiger partial charge in [0, 0.05) is 0 Å². The second-order valence-electron chi connectivity index (χ2n) is 4.12. The van der Waals surface area contributed by atoms with Crippen molar-refractivity contribution in [2.75, 3.05) is 6.61 Å². The minimum absolute atomic E-state index is 0.0715. The number of benzene rings is 1. The summed E-state index contributed by atoms with van der Waals surface area (Å²) >= 11 is 0. The molecule has 98 valence electrons. The Kier molecular flexibility index (Phi) is 6.62. The van der Waals surface area contributed by atoms with Gasteiger partial charge in [-0.15, -0.1) is 6.58 Å². The van der Waals surface area contributed by atoms with Crippen molar-refractivity contribution in [1.82, 2.24) is 5.32 Å². The second-order valence-corrected chi connectivity index (χ2v) is 4.12. The van der Waals surface area contributed by atoms with Gasteiger partial charge >= 0.3 is 6.09 Å². The summed E-state index contributed by atoms with van der Waals surface area (Å²) in [5, 5.41) is 2.86. The maximum absolute atomic E-state index is 11.6. The number of rotatable bonds is 7. The smallest absolute Gasteiger partial charge is 0.407 e. The fraction of sp³-hybridized carbons (Fsp3) is 0.400. The molecule has 1 unspecified atom stereocenters. The zero-order valence-electron chi connectivity index (χ0n) is 10.9. The predicted octanol–water partition coefficient (Wildman–Crippen LogP) is 3.83. The number of hydrogen-bond donors (Lipinski definition) is 1. The Labute approximate surface area is 109 Å². The monoisotopic (exact) mass is 247 g/mol. The lowest BCUT2D eigenvalue weighted by atomic mass is 10.0. The van der Waals surface area contributed by atoms with Crippen molar-refractivity contribution in [3.8, 4) is 0 Å². The van der Waals surface area contributed by atoms with Crippen LogP contribution in [0.25, 0.3) is 0 Å². The minimum atomic E-state index is -0.362. The van der Waals surface area contributed by atoms with E-state index in [1.807, 2.05) is 30.3 Å². The third kappa shape index (κ3) is 5.04. The van der Waals surface area contributed by atoms with Crippen LogP contribution in [0.4, 0.5) is 4.79 Å². The van der Waals surface area contributed by atoms with Gasteiger partial charge in [0.15, 0.2) is 0 Å². The molecule has 0 bridgehead atoms. The SMILES string of the molecule is C=CCC(NC(=O)OCCCC)c1ccccc1. The lowest BCUT2D eigenvalue weighted by Gasteiger charge is -2.17. The molecule has 0 saturated heterocycles. The van der Waals surface area contributed by atoms with E-state index in [4.69, 9.17) is 4.74 Å². The number of nitrogens with one attached hydrogen (secondary N) is 1. The number of hydrogen-bond acceptors (Lipinski definition) is 2. The minimum Gasteiger partial charge on any atom is -0.450 e. The summed E-state index contributed by atoms with van der Waals surface area (Å²) in [5.74, 6) is 0. The van der Waals surface area contributed by atoms with Gasteiger partial charge in [-0.25, -0.2) is 4.79 Å². The van der Waals surface area contributed by atoms with Crippen molar-refractivity contribution in [2.45, 2.75) is 32.2 Å². The summed E-state index contributed by atoms with van der Waals surface area (Å²) in [5.41, 5.74) is 1.06. The molecule has 1 N–H and O–H groups in total. The first-order valence-corrected chi connectivity index (χ1v) is 6.37. The van der Waals surface area contributed by atoms with Crippen LogP contribution in [-0.4, -0.2) is 12.7 Å². The van der Waals surface area contributed by atoms with Crippen LogP contribution in [0, 0.1) is 0 Å². The van der Waals surface area contributed by atoms with E-state index in [0.29, 0.717) is 13.0 Å². The number of carbonyl (C=O) groups is 1. The van der Waals surface area contributed by atoms with E-state index in [0.717, 1.165) is 18.4 Å². The van der Waals surface area contributed by atoms with Crippen LogP contribution in [0.2, 0.25) is 0 Å². The zero-order valence-corrected chi connectivity index (χ0v) is 10.9. The Bertz CT molecular complexity index is 362. The Morgan fingerprint density at radius 1 is 1.44 bits per heavy atom. The molecule has 3 nitrogen and oxygen atoms in total. The van der Waals surface area contributed by atoms with E-state index in [-0.39, 0.29) is 12.1 Å². The summed E-state index contributed by atoms with van der Waals surface area (Å²) < 4.78 is 5.10. The maximum Gasteiger partial charge on any atom is 0.407 e. The van der Waals surface area contributed by atoms with Gasteiger partial charge < -0.3 is 10.1 Å². The fourth-order valence-electron chi connectivity index (χ4n) is 1.62. The highest BCUT2D eigenvalue weighted by Gasteiger charge is 2.13. The largest absolute Gasteiger partial charge is 0.450 e. The standard InChI is InChI=1S/C15H21NO2/c1-3-5-12-18-15(17)16-14(9-4-2)13-10-7-6-8-11-13/h4,6-8,10-11,14H,2-3,5,9,12H2,1H3,(H,16,17). The molecule has 0 fully saturated rings. The van der Waals surface area contributed by atoms with E-state index < -0.39 is 0 Å². The van der Waals surface area contributed by atoms with Crippen LogP contribution >= 0.6 is 0 Å². The summed E-state index contributed by atoms with van der Waals surface area (Å²) in [6, 6.07) is 9.76. The molecule has 3 heteroatoms. The highest BCUT2D eigenvalue weighted by molar-refractivity contribution is 5.67. The summed E-state index contributed by atoms with van der Waals surface area (Å²) in [6.45, 7) is 6.25. The molecule has 0 aliphatic rings. The Morgan fingerprint density at radius 3 is 2.78 bits per heavy atom. The number of amides is 1. The summed E-state index contributed by atoms with van der Waals surface area (Å²) in [4.78, 5) is 11.6. The fourth-order valence-corrected chi connectivity index (χ4v) is 1.62. The number of carbonyl (C=O) groups excluding carboxylic acids is 1. The second kappa shape index (κ2) is 8.34. The average Bonchev–Trinajstić information content (AvgIpc) is 2.39. The van der Waals surface area contributed by atoms with Crippen molar-refractivity contribution >= 4 is 6.09 Å². The third-order valence-corrected chi connectivity index (χ3v) is 2.63. The first-order chi connectivity index (χ1) is 8.77. The number of unbranched alkanes of at least 4 members (excludes halogenated alkanes) is 1. The van der Waals surface area contributed by atoms with Crippen molar-refractivity contribution in [1.29, 1.82) is 0 Å². The molecule has 0 aromatic heterocycles. The molecule has 0 radical (unpaired) electrons. The van der Waals surface area contributed by atoms with Crippen molar-refractivity contribution < 1.29 is 9.53 Å². The molecule has 0 spiro atoms. The lowest BCUT2D eigenvalue weighted by Crippen LogP contribution is -2.29. The van der Waals surface area contributed by atoms with Crippen LogP contribution < -0.4 is 5.32 Å². The van der Waals surface area contributed by atoms with Crippen LogP contribution in [0.1, 0.15) is 37.8 Å². The van der Waals surface area contributed by atoms with E-state index >= 15 is 0 Å². The topological polar surface area (TPSA) is 38.3 Å². The molecule has 0 saturated carbocycles. The molecule has 0 aliphatic heterocycles. The van der Waals surface area contributed by atoms with Gasteiger partial charge in [-0.3, -0.25) is 0 Å². The van der Waals surface area contributed by atoms with Gasteiger partial charge in [0.1, 0.15) is 0 Å². The molecule has 1 rings (SSSR count). The molecule has 1 amide bonds. The summed E-state index contributed by atoms with van der Waals surface area (Å²) in [6.07, 6.45) is 4.03. The van der Waals surface area contributed by atoms with Crippen LogP contribution in [0.5, 0.6) is 0 Å². The highest BCUT2D eigenvalue weighted by atomic mass is 16.5. The van der Waals surface area contributed by atoms with Crippen molar-refractivity contribution in [3.05, 3.63) is 48.6 Å². The zero-order chi connectivity index (χ0) is 13.2. The molecule has 1 aromatic rings. The Hall–Kier alpha value is -1.77. The van der Waals surface area contributed by atoms with Crippen LogP contribution in [0.15, 0.2) is 43.0 Å². The van der Waals surface area contributed by atoms with E-state index in [1.165, 1.54) is 0 Å². The Morgan fingerprint density at radius 2 is 2.17 bits per heavy atom. The molecule has 0 aliphatic carbocycles. The Balaban J connectivity index is 2.53. The van der Waals surface area contributed by atoms with Crippen LogP contribution in [-0.2, 0) is 4.74 Å². The number of alkyl carbamates (subject to hydrolysis) is 1.